The van der Waals surface area contributed by atoms with Crippen LogP contribution in [-0.4, -0.2) is 43.0 Å². The number of nitrogens with two attached hydrogens (primary N) is 1. The molecule has 2 atom stereocenters. The second kappa shape index (κ2) is 7.41. The van der Waals surface area contributed by atoms with E-state index in [-0.39, 0.29) is 5.91 Å². The summed E-state index contributed by atoms with van der Waals surface area (Å²) < 4.78 is 0. The molecule has 1 heterocycles. The van der Waals surface area contributed by atoms with Gasteiger partial charge in [0, 0.05) is 19.1 Å². The van der Waals surface area contributed by atoms with E-state index >= 15 is 0 Å². The summed E-state index contributed by atoms with van der Waals surface area (Å²) in [6, 6.07) is 10.7. The molecule has 3 N–H and O–H groups in total. The Balaban J connectivity index is 1.75. The van der Waals surface area contributed by atoms with Gasteiger partial charge in [-0.1, -0.05) is 37.3 Å². The zero-order chi connectivity index (χ0) is 14.4. The zero-order valence-corrected chi connectivity index (χ0v) is 12.2. The van der Waals surface area contributed by atoms with Crippen molar-refractivity contribution in [2.45, 2.75) is 31.7 Å². The number of hydrogen-bond acceptors (Lipinski definition) is 3. The number of hydrogen-bond donors (Lipinski definition) is 2. The Bertz CT molecular complexity index is 421. The minimum atomic E-state index is 0.105. The molecule has 0 saturated carbocycles. The highest BCUT2D eigenvalue weighted by molar-refractivity contribution is 5.78. The first kappa shape index (κ1) is 15.0. The molecule has 1 saturated heterocycles. The lowest BCUT2D eigenvalue weighted by Crippen LogP contribution is -2.43. The van der Waals surface area contributed by atoms with Crippen LogP contribution in [0.3, 0.4) is 0 Å². The van der Waals surface area contributed by atoms with E-state index in [1.807, 2.05) is 18.2 Å². The van der Waals surface area contributed by atoms with Crippen LogP contribution in [0.15, 0.2) is 30.3 Å². The van der Waals surface area contributed by atoms with Gasteiger partial charge in [-0.15, -0.1) is 0 Å². The molecule has 1 aromatic rings. The minimum Gasteiger partial charge on any atom is -0.354 e. The predicted molar refractivity (Wildman–Crippen MR) is 81.5 cm³/mol. The molecule has 4 nitrogen and oxygen atoms in total. The van der Waals surface area contributed by atoms with Crippen LogP contribution >= 0.6 is 0 Å². The van der Waals surface area contributed by atoms with Crippen LogP contribution in [-0.2, 0) is 4.79 Å². The molecule has 1 fully saturated rings. The van der Waals surface area contributed by atoms with Crippen LogP contribution < -0.4 is 11.1 Å². The van der Waals surface area contributed by atoms with E-state index in [0.29, 0.717) is 31.6 Å². The van der Waals surface area contributed by atoms with E-state index in [0.717, 1.165) is 19.4 Å². The lowest BCUT2D eigenvalue weighted by Gasteiger charge is -2.22. The van der Waals surface area contributed by atoms with Gasteiger partial charge >= 0.3 is 0 Å². The average molecular weight is 275 g/mol. The van der Waals surface area contributed by atoms with Crippen molar-refractivity contribution in [2.75, 3.05) is 26.2 Å². The molecule has 2 rings (SSSR count). The zero-order valence-electron chi connectivity index (χ0n) is 12.2. The van der Waals surface area contributed by atoms with Gasteiger partial charge < -0.3 is 11.1 Å². The molecule has 0 aliphatic carbocycles. The number of carbonyl (C=O) groups excluding carboxylic acids is 1. The molecule has 0 aromatic heterocycles. The molecule has 2 unspecified atom stereocenters. The number of rotatable bonds is 6. The Morgan fingerprint density at radius 2 is 2.20 bits per heavy atom. The Labute approximate surface area is 121 Å². The highest BCUT2D eigenvalue weighted by Gasteiger charge is 2.24. The predicted octanol–water partition coefficient (Wildman–Crippen LogP) is 1.33. The van der Waals surface area contributed by atoms with Crippen molar-refractivity contribution in [1.82, 2.24) is 10.2 Å². The fourth-order valence-corrected chi connectivity index (χ4v) is 2.78. The average Bonchev–Trinajstić information content (AvgIpc) is 2.92. The summed E-state index contributed by atoms with van der Waals surface area (Å²) in [5.41, 5.74) is 6.98. The molecule has 110 valence electrons. The largest absolute Gasteiger partial charge is 0.354 e. The van der Waals surface area contributed by atoms with E-state index in [1.165, 1.54) is 5.56 Å². The molecule has 20 heavy (non-hydrogen) atoms. The maximum atomic E-state index is 12.0. The summed E-state index contributed by atoms with van der Waals surface area (Å²) in [7, 11) is 0. The Morgan fingerprint density at radius 1 is 1.45 bits per heavy atom. The fraction of sp³-hybridized carbons (Fsp3) is 0.562. The quantitative estimate of drug-likeness (QED) is 0.823. The van der Waals surface area contributed by atoms with Crippen LogP contribution in [0.5, 0.6) is 0 Å². The number of likely N-dealkylation sites (tertiary alicyclic amines) is 1. The van der Waals surface area contributed by atoms with Crippen LogP contribution in [0.4, 0.5) is 0 Å². The summed E-state index contributed by atoms with van der Waals surface area (Å²) in [6.45, 7) is 4.93. The molecule has 0 radical (unpaired) electrons. The SMILES string of the molecule is CC(CNC(=O)CN1CCCC1CN)c1ccccc1. The molecular formula is C16H25N3O. The van der Waals surface area contributed by atoms with E-state index in [9.17, 15) is 4.79 Å². The van der Waals surface area contributed by atoms with Crippen molar-refractivity contribution < 1.29 is 4.79 Å². The highest BCUT2D eigenvalue weighted by Crippen LogP contribution is 2.16. The van der Waals surface area contributed by atoms with E-state index in [2.05, 4.69) is 29.3 Å². The molecule has 1 aliphatic heterocycles. The third kappa shape index (κ3) is 4.05. The Kier molecular flexibility index (Phi) is 5.56. The van der Waals surface area contributed by atoms with Crippen LogP contribution in [0, 0.1) is 0 Å². The minimum absolute atomic E-state index is 0.105. The summed E-state index contributed by atoms with van der Waals surface area (Å²) >= 11 is 0. The fourth-order valence-electron chi connectivity index (χ4n) is 2.78. The van der Waals surface area contributed by atoms with E-state index < -0.39 is 0 Å². The van der Waals surface area contributed by atoms with Gasteiger partial charge in [-0.3, -0.25) is 9.69 Å². The van der Waals surface area contributed by atoms with Crippen molar-refractivity contribution >= 4 is 5.91 Å². The smallest absolute Gasteiger partial charge is 0.234 e. The van der Waals surface area contributed by atoms with Crippen molar-refractivity contribution in [3.05, 3.63) is 35.9 Å². The van der Waals surface area contributed by atoms with Crippen LogP contribution in [0.25, 0.3) is 0 Å². The first-order valence-corrected chi connectivity index (χ1v) is 7.46. The number of carbonyl (C=O) groups is 1. The normalized spacial score (nSPS) is 20.8. The molecule has 1 aliphatic rings. The number of nitrogens with one attached hydrogen (secondary N) is 1. The molecule has 1 aromatic carbocycles. The van der Waals surface area contributed by atoms with Gasteiger partial charge in [0.15, 0.2) is 0 Å². The maximum Gasteiger partial charge on any atom is 0.234 e. The molecule has 0 bridgehead atoms. The number of benzene rings is 1. The summed E-state index contributed by atoms with van der Waals surface area (Å²) in [5.74, 6) is 0.442. The maximum absolute atomic E-state index is 12.0. The van der Waals surface area contributed by atoms with Crippen LogP contribution in [0.1, 0.15) is 31.2 Å². The Morgan fingerprint density at radius 3 is 2.90 bits per heavy atom. The molecular weight excluding hydrogens is 250 g/mol. The monoisotopic (exact) mass is 275 g/mol. The van der Waals surface area contributed by atoms with Gasteiger partial charge in [0.05, 0.1) is 6.54 Å². The second-order valence-corrected chi connectivity index (χ2v) is 5.62. The highest BCUT2D eigenvalue weighted by atomic mass is 16.2. The topological polar surface area (TPSA) is 58.4 Å². The Hall–Kier alpha value is -1.39. The van der Waals surface area contributed by atoms with Crippen molar-refractivity contribution in [2.24, 2.45) is 5.73 Å². The third-order valence-electron chi connectivity index (χ3n) is 4.09. The second-order valence-electron chi connectivity index (χ2n) is 5.62. The van der Waals surface area contributed by atoms with Crippen LogP contribution in [0.2, 0.25) is 0 Å². The van der Waals surface area contributed by atoms with Gasteiger partial charge in [0.1, 0.15) is 0 Å². The van der Waals surface area contributed by atoms with Crippen molar-refractivity contribution in [3.8, 4) is 0 Å². The summed E-state index contributed by atoms with van der Waals surface area (Å²) in [5, 5.41) is 3.03. The third-order valence-corrected chi connectivity index (χ3v) is 4.09. The lowest BCUT2D eigenvalue weighted by atomic mass is 10.0. The van der Waals surface area contributed by atoms with Gasteiger partial charge in [0.2, 0.25) is 5.91 Å². The first-order valence-electron chi connectivity index (χ1n) is 7.46. The van der Waals surface area contributed by atoms with E-state index in [1.54, 1.807) is 0 Å². The lowest BCUT2D eigenvalue weighted by molar-refractivity contribution is -0.122. The molecule has 0 spiro atoms. The van der Waals surface area contributed by atoms with Gasteiger partial charge in [-0.05, 0) is 30.9 Å². The van der Waals surface area contributed by atoms with Crippen molar-refractivity contribution in [1.29, 1.82) is 0 Å². The van der Waals surface area contributed by atoms with Crippen molar-refractivity contribution in [3.63, 3.8) is 0 Å². The standard InChI is InChI=1S/C16H25N3O/c1-13(14-6-3-2-4-7-14)11-18-16(20)12-19-9-5-8-15(19)10-17/h2-4,6-7,13,15H,5,8-12,17H2,1H3,(H,18,20). The van der Waals surface area contributed by atoms with Gasteiger partial charge in [0.25, 0.3) is 0 Å². The molecule has 1 amide bonds. The van der Waals surface area contributed by atoms with Gasteiger partial charge in [-0.25, -0.2) is 0 Å². The summed E-state index contributed by atoms with van der Waals surface area (Å²) in [4.78, 5) is 14.2. The first-order chi connectivity index (χ1) is 9.70. The number of nitrogens with zero attached hydrogens (tertiary/aromatic N) is 1. The summed E-state index contributed by atoms with van der Waals surface area (Å²) in [6.07, 6.45) is 2.26. The number of amides is 1. The molecule has 4 heteroatoms. The van der Waals surface area contributed by atoms with E-state index in [4.69, 9.17) is 5.73 Å². The van der Waals surface area contributed by atoms with Gasteiger partial charge in [-0.2, -0.15) is 0 Å².